The maximum Gasteiger partial charge on any atom is 0.573 e. The molecule has 4 aliphatic heterocycles. The fourth-order valence-electron chi connectivity index (χ4n) is 7.89. The number of halogens is 5. The van der Waals surface area contributed by atoms with Gasteiger partial charge in [-0.2, -0.15) is 9.97 Å². The lowest BCUT2D eigenvalue weighted by molar-refractivity contribution is -0.274. The van der Waals surface area contributed by atoms with Crippen LogP contribution < -0.4 is 19.1 Å². The highest BCUT2D eigenvalue weighted by Gasteiger charge is 2.50. The van der Waals surface area contributed by atoms with E-state index in [9.17, 15) is 22.4 Å². The Hall–Kier alpha value is -4.21. The molecule has 0 saturated carbocycles. The smallest absolute Gasteiger partial charge is 0.497 e. The summed E-state index contributed by atoms with van der Waals surface area (Å²) in [5.74, 6) is -1.23. The lowest BCUT2D eigenvalue weighted by Gasteiger charge is -2.42. The second-order valence-electron chi connectivity index (χ2n) is 14.5. The zero-order valence-corrected chi connectivity index (χ0v) is 28.2. The lowest BCUT2D eigenvalue weighted by Crippen LogP contribution is -2.57. The van der Waals surface area contributed by atoms with Crippen LogP contribution in [0.4, 0.5) is 32.6 Å². The highest BCUT2D eigenvalue weighted by Crippen LogP contribution is 2.43. The lowest BCUT2D eigenvalue weighted by atomic mass is 9.95. The topological polar surface area (TPSA) is 102 Å². The fourth-order valence-corrected chi connectivity index (χ4v) is 7.89. The molecule has 7 rings (SSSR count). The predicted octanol–water partition coefficient (Wildman–Crippen LogP) is 6.28. The van der Waals surface area contributed by atoms with E-state index in [0.717, 1.165) is 38.3 Å². The second kappa shape index (κ2) is 12.5. The van der Waals surface area contributed by atoms with Gasteiger partial charge in [-0.3, -0.25) is 14.8 Å². The summed E-state index contributed by atoms with van der Waals surface area (Å²) in [6.07, 6.45) is -1.78. The number of rotatable bonds is 7. The number of amides is 1. The Balaban J connectivity index is 1.29. The Morgan fingerprint density at radius 3 is 2.50 bits per heavy atom. The van der Waals surface area contributed by atoms with E-state index in [1.807, 2.05) is 4.90 Å². The number of carbonyl (C=O) groups is 1. The van der Waals surface area contributed by atoms with Crippen LogP contribution in [0.1, 0.15) is 52.9 Å². The zero-order valence-electron chi connectivity index (χ0n) is 28.2. The molecule has 2 bridgehead atoms. The molecule has 1 amide bonds. The summed E-state index contributed by atoms with van der Waals surface area (Å²) in [6, 6.07) is 2.91. The maximum atomic E-state index is 16.7. The first-order valence-corrected chi connectivity index (χ1v) is 16.7. The average molecular weight is 707 g/mol. The minimum absolute atomic E-state index is 0.0784. The number of pyridine rings is 1. The van der Waals surface area contributed by atoms with E-state index in [2.05, 4.69) is 19.6 Å². The molecule has 4 saturated heterocycles. The van der Waals surface area contributed by atoms with Gasteiger partial charge < -0.3 is 23.8 Å². The van der Waals surface area contributed by atoms with Crippen LogP contribution in [0.5, 0.6) is 17.5 Å². The Bertz CT molecular complexity index is 1780. The molecule has 0 radical (unpaired) electrons. The number of piperazine rings is 1. The van der Waals surface area contributed by atoms with Crippen molar-refractivity contribution in [1.29, 1.82) is 0 Å². The van der Waals surface area contributed by atoms with E-state index in [1.54, 1.807) is 25.7 Å². The van der Waals surface area contributed by atoms with Crippen molar-refractivity contribution in [3.8, 4) is 28.8 Å². The molecule has 4 fully saturated rings. The predicted molar refractivity (Wildman–Crippen MR) is 172 cm³/mol. The second-order valence-corrected chi connectivity index (χ2v) is 14.5. The van der Waals surface area contributed by atoms with Crippen molar-refractivity contribution in [2.75, 3.05) is 44.8 Å². The zero-order chi connectivity index (χ0) is 35.6. The monoisotopic (exact) mass is 706 g/mol. The summed E-state index contributed by atoms with van der Waals surface area (Å²) in [4.78, 5) is 32.3. The van der Waals surface area contributed by atoms with Gasteiger partial charge in [0.2, 0.25) is 0 Å². The minimum Gasteiger partial charge on any atom is -0.497 e. The molecule has 16 heteroatoms. The van der Waals surface area contributed by atoms with Crippen molar-refractivity contribution in [2.24, 2.45) is 0 Å². The molecule has 0 spiro atoms. The van der Waals surface area contributed by atoms with Gasteiger partial charge in [0.25, 0.3) is 0 Å². The maximum absolute atomic E-state index is 16.7. The molecule has 6 heterocycles. The number of alkyl halides is 4. The van der Waals surface area contributed by atoms with Crippen molar-refractivity contribution < 1.29 is 45.7 Å². The molecule has 2 aromatic heterocycles. The molecule has 1 aromatic carbocycles. The third-order valence-electron chi connectivity index (χ3n) is 9.93. The summed E-state index contributed by atoms with van der Waals surface area (Å²) in [5, 5.41) is 0.204. The van der Waals surface area contributed by atoms with Gasteiger partial charge in [-0.05, 0) is 71.2 Å². The molecule has 270 valence electrons. The number of methoxy groups -OCH3 is 1. The molecule has 4 atom stereocenters. The van der Waals surface area contributed by atoms with Gasteiger partial charge in [0.15, 0.2) is 5.82 Å². The normalized spacial score (nSPS) is 25.3. The molecule has 0 N–H and O–H groups in total. The van der Waals surface area contributed by atoms with Crippen LogP contribution in [0.3, 0.4) is 0 Å². The molecule has 0 aliphatic carbocycles. The number of nitrogens with zero attached hydrogens (tertiary/aromatic N) is 6. The van der Waals surface area contributed by atoms with Crippen molar-refractivity contribution in [3.05, 3.63) is 30.2 Å². The number of carbonyl (C=O) groups excluding carboxylic acids is 1. The van der Waals surface area contributed by atoms with Crippen LogP contribution in [-0.4, -0.2) is 106 Å². The Morgan fingerprint density at radius 1 is 1.08 bits per heavy atom. The number of ether oxygens (including phenoxy) is 4. The van der Waals surface area contributed by atoms with E-state index >= 15 is 4.39 Å². The van der Waals surface area contributed by atoms with E-state index in [0.29, 0.717) is 31.9 Å². The Morgan fingerprint density at radius 2 is 1.82 bits per heavy atom. The Labute approximate surface area is 285 Å². The van der Waals surface area contributed by atoms with Gasteiger partial charge in [-0.1, -0.05) is 0 Å². The van der Waals surface area contributed by atoms with Crippen LogP contribution in [-0.2, 0) is 4.74 Å². The highest BCUT2D eigenvalue weighted by molar-refractivity contribution is 5.92. The van der Waals surface area contributed by atoms with Gasteiger partial charge in [-0.25, -0.2) is 13.6 Å². The van der Waals surface area contributed by atoms with E-state index in [1.165, 1.54) is 25.4 Å². The molecular weight excluding hydrogens is 667 g/mol. The molecule has 11 nitrogen and oxygen atoms in total. The van der Waals surface area contributed by atoms with Crippen LogP contribution in [0, 0.1) is 5.82 Å². The molecule has 2 unspecified atom stereocenters. The summed E-state index contributed by atoms with van der Waals surface area (Å²) < 4.78 is 92.6. The molecule has 50 heavy (non-hydrogen) atoms. The first-order valence-electron chi connectivity index (χ1n) is 16.7. The summed E-state index contributed by atoms with van der Waals surface area (Å²) in [5.41, 5.74) is -2.19. The average Bonchev–Trinajstić information content (AvgIpc) is 3.65. The third-order valence-corrected chi connectivity index (χ3v) is 9.93. The van der Waals surface area contributed by atoms with Crippen LogP contribution in [0.15, 0.2) is 24.4 Å². The van der Waals surface area contributed by atoms with E-state index < -0.39 is 47.0 Å². The number of benzene rings is 1. The summed E-state index contributed by atoms with van der Waals surface area (Å²) in [6.45, 7) is 7.25. The van der Waals surface area contributed by atoms with Gasteiger partial charge in [-0.15, -0.1) is 13.2 Å². The number of hydrogen-bond acceptors (Lipinski definition) is 10. The van der Waals surface area contributed by atoms with Crippen molar-refractivity contribution in [3.63, 3.8) is 0 Å². The van der Waals surface area contributed by atoms with Crippen LogP contribution in [0.2, 0.25) is 0 Å². The molecule has 3 aromatic rings. The number of aromatic nitrogens is 3. The molecular formula is C34H39F5N6O5. The van der Waals surface area contributed by atoms with E-state index in [-0.39, 0.29) is 46.9 Å². The standard InChI is InChI=1S/C34H39F5N6O5/c1-32(2,3)50-31(46)45-20-6-7-21(45)17-43(16-20)29-24-14-40-27(23-12-22(47-4)8-9-25(23)49-34(37,38)39)26(36)28(24)41-30(42-29)48-18-33-10-5-11-44(33)15-19(35)13-33/h8-9,12,14,19-21H,5-7,10-11,13,15-18H2,1-4H3/t19?,20-,21+,33?. The largest absolute Gasteiger partial charge is 0.573 e. The van der Waals surface area contributed by atoms with E-state index in [4.69, 9.17) is 19.2 Å². The molecule has 4 aliphatic rings. The van der Waals surface area contributed by atoms with Gasteiger partial charge in [0, 0.05) is 37.8 Å². The van der Waals surface area contributed by atoms with Gasteiger partial charge >= 0.3 is 18.5 Å². The van der Waals surface area contributed by atoms with Crippen molar-refractivity contribution in [2.45, 2.75) is 88.6 Å². The first kappa shape index (κ1) is 34.2. The third kappa shape index (κ3) is 6.53. The number of anilines is 1. The van der Waals surface area contributed by atoms with Crippen molar-refractivity contribution >= 4 is 22.8 Å². The summed E-state index contributed by atoms with van der Waals surface area (Å²) >= 11 is 0. The van der Waals surface area contributed by atoms with Crippen LogP contribution >= 0.6 is 0 Å². The Kier molecular flexibility index (Phi) is 8.58. The number of fused-ring (bicyclic) bond motifs is 4. The SMILES string of the molecule is COc1ccc(OC(F)(F)F)c(-c2ncc3c(N4C[C@H]5CC[C@@H](C4)N5C(=O)OC(C)(C)C)nc(OCC45CCCN4CC(F)C5)nc3c2F)c1. The quantitative estimate of drug-likeness (QED) is 0.261. The van der Waals surface area contributed by atoms with Crippen LogP contribution in [0.25, 0.3) is 22.2 Å². The van der Waals surface area contributed by atoms with Gasteiger partial charge in [0.1, 0.15) is 46.9 Å². The van der Waals surface area contributed by atoms with Gasteiger partial charge in [0.05, 0.1) is 30.1 Å². The summed E-state index contributed by atoms with van der Waals surface area (Å²) in [7, 11) is 1.33. The van der Waals surface area contributed by atoms with Crippen molar-refractivity contribution in [1.82, 2.24) is 24.8 Å². The number of hydrogen-bond donors (Lipinski definition) is 0. The fraction of sp³-hybridized carbons (Fsp3) is 0.588. The minimum atomic E-state index is -5.06. The first-order chi connectivity index (χ1) is 23.6. The highest BCUT2D eigenvalue weighted by atomic mass is 19.4.